The van der Waals surface area contributed by atoms with E-state index in [1.54, 1.807) is 12.1 Å². The lowest BCUT2D eigenvalue weighted by molar-refractivity contribution is 0.0997. The highest BCUT2D eigenvalue weighted by Crippen LogP contribution is 2.23. The Morgan fingerprint density at radius 1 is 1.11 bits per heavy atom. The third-order valence-corrected chi connectivity index (χ3v) is 3.85. The minimum Gasteiger partial charge on any atom is -0.364 e. The minimum absolute atomic E-state index is 0.0221. The molecule has 8 nitrogen and oxygen atoms in total. The first-order valence-corrected chi connectivity index (χ1v) is 7.64. The number of pyridine rings is 1. The van der Waals surface area contributed by atoms with Gasteiger partial charge in [-0.05, 0) is 24.3 Å². The van der Waals surface area contributed by atoms with Crippen LogP contribution < -0.4 is 11.4 Å². The zero-order chi connectivity index (χ0) is 19.1. The predicted molar refractivity (Wildman–Crippen MR) is 91.2 cm³/mol. The lowest BCUT2D eigenvalue weighted by Gasteiger charge is -2.07. The molecule has 4 rings (SSSR count). The van der Waals surface area contributed by atoms with Crippen molar-refractivity contribution in [3.05, 3.63) is 70.5 Å². The Labute approximate surface area is 149 Å². The number of H-pyrrole nitrogens is 1. The molecule has 134 valence electrons. The van der Waals surface area contributed by atoms with Crippen LogP contribution in [-0.4, -0.2) is 30.4 Å². The van der Waals surface area contributed by atoms with Crippen LogP contribution in [-0.2, 0) is 0 Å². The summed E-state index contributed by atoms with van der Waals surface area (Å²) in [5.41, 5.74) is 3.67. The Balaban J connectivity index is 2.13. The van der Waals surface area contributed by atoms with E-state index in [0.29, 0.717) is 10.1 Å². The summed E-state index contributed by atoms with van der Waals surface area (Å²) >= 11 is 0. The lowest BCUT2D eigenvalue weighted by atomic mass is 10.2. The monoisotopic (exact) mass is 368 g/mol. The Morgan fingerprint density at radius 2 is 1.85 bits per heavy atom. The van der Waals surface area contributed by atoms with Crippen LogP contribution in [0.4, 0.5) is 8.78 Å². The molecular formula is C17H10F2N6O2. The number of para-hydroxylation sites is 1. The quantitative estimate of drug-likeness (QED) is 0.568. The molecule has 0 fully saturated rings. The Hall–Kier alpha value is -3.95. The molecule has 0 unspecified atom stereocenters. The molecule has 3 aromatic heterocycles. The van der Waals surface area contributed by atoms with Crippen LogP contribution in [0, 0.1) is 11.6 Å². The van der Waals surface area contributed by atoms with Crippen molar-refractivity contribution in [1.82, 2.24) is 24.5 Å². The van der Waals surface area contributed by atoms with Crippen molar-refractivity contribution in [3.63, 3.8) is 0 Å². The molecule has 27 heavy (non-hydrogen) atoms. The maximum atomic E-state index is 14.2. The van der Waals surface area contributed by atoms with Gasteiger partial charge in [-0.2, -0.15) is 0 Å². The van der Waals surface area contributed by atoms with Crippen LogP contribution in [0.5, 0.6) is 0 Å². The number of halogens is 2. The van der Waals surface area contributed by atoms with Gasteiger partial charge in [-0.25, -0.2) is 28.1 Å². The van der Waals surface area contributed by atoms with Gasteiger partial charge in [0, 0.05) is 18.0 Å². The number of rotatable bonds is 3. The van der Waals surface area contributed by atoms with Crippen LogP contribution in [0.15, 0.2) is 47.5 Å². The number of primary amides is 1. The van der Waals surface area contributed by atoms with Crippen LogP contribution in [0.3, 0.4) is 0 Å². The fourth-order valence-electron chi connectivity index (χ4n) is 2.70. The average Bonchev–Trinajstić information content (AvgIpc) is 2.97. The summed E-state index contributed by atoms with van der Waals surface area (Å²) in [6.07, 6.45) is 2.96. The van der Waals surface area contributed by atoms with E-state index in [4.69, 9.17) is 5.73 Å². The highest BCUT2D eigenvalue weighted by molar-refractivity contribution is 6.02. The van der Waals surface area contributed by atoms with E-state index in [1.807, 2.05) is 0 Å². The molecule has 0 spiro atoms. The van der Waals surface area contributed by atoms with Crippen LogP contribution in [0.25, 0.3) is 28.2 Å². The number of aromatic nitrogens is 5. The summed E-state index contributed by atoms with van der Waals surface area (Å²) < 4.78 is 29.2. The Bertz CT molecular complexity index is 1230. The van der Waals surface area contributed by atoms with Gasteiger partial charge in [0.05, 0.1) is 0 Å². The second-order valence-electron chi connectivity index (χ2n) is 5.54. The standard InChI is InChI=1S/C17H10F2N6O2/c18-9-4-1-5-10(19)13(9)25-16-12(23-17(25)27)11(14(20)26)22-15(24-16)8-3-2-6-21-7-8/h1-7H,(H2,20,26)(H,23,27). The number of imidazole rings is 1. The summed E-state index contributed by atoms with van der Waals surface area (Å²) in [6, 6.07) is 6.41. The molecule has 3 heterocycles. The van der Waals surface area contributed by atoms with Crippen molar-refractivity contribution in [2.45, 2.75) is 0 Å². The lowest BCUT2D eigenvalue weighted by Crippen LogP contribution is -2.17. The number of nitrogens with one attached hydrogen (secondary N) is 1. The van der Waals surface area contributed by atoms with E-state index >= 15 is 0 Å². The number of nitrogens with two attached hydrogens (primary N) is 1. The number of nitrogens with zero attached hydrogens (tertiary/aromatic N) is 4. The van der Waals surface area contributed by atoms with Gasteiger partial charge in [0.2, 0.25) is 0 Å². The second kappa shape index (κ2) is 6.09. The first kappa shape index (κ1) is 16.5. The smallest absolute Gasteiger partial charge is 0.332 e. The van der Waals surface area contributed by atoms with Crippen molar-refractivity contribution < 1.29 is 13.6 Å². The Kier molecular flexibility index (Phi) is 3.73. The number of fused-ring (bicyclic) bond motifs is 1. The number of carbonyl (C=O) groups is 1. The summed E-state index contributed by atoms with van der Waals surface area (Å²) in [4.78, 5) is 38.8. The van der Waals surface area contributed by atoms with E-state index in [2.05, 4.69) is 19.9 Å². The van der Waals surface area contributed by atoms with Gasteiger partial charge in [-0.15, -0.1) is 0 Å². The molecule has 4 aromatic rings. The fraction of sp³-hybridized carbons (Fsp3) is 0. The Morgan fingerprint density at radius 3 is 2.48 bits per heavy atom. The minimum atomic E-state index is -0.972. The van der Waals surface area contributed by atoms with Gasteiger partial charge < -0.3 is 10.7 Å². The predicted octanol–water partition coefficient (Wildman–Crippen LogP) is 1.55. The largest absolute Gasteiger partial charge is 0.364 e. The molecule has 0 saturated carbocycles. The van der Waals surface area contributed by atoms with Crippen molar-refractivity contribution in [2.75, 3.05) is 0 Å². The molecule has 10 heteroatoms. The number of hydrogen-bond acceptors (Lipinski definition) is 5. The van der Waals surface area contributed by atoms with Crippen LogP contribution in [0.1, 0.15) is 10.5 Å². The third kappa shape index (κ3) is 2.63. The number of amides is 1. The van der Waals surface area contributed by atoms with Crippen molar-refractivity contribution >= 4 is 17.1 Å². The second-order valence-corrected chi connectivity index (χ2v) is 5.54. The summed E-state index contributed by atoms with van der Waals surface area (Å²) in [6.45, 7) is 0. The molecule has 0 radical (unpaired) electrons. The van der Waals surface area contributed by atoms with Gasteiger partial charge in [0.25, 0.3) is 5.91 Å². The number of hydrogen-bond donors (Lipinski definition) is 2. The van der Waals surface area contributed by atoms with E-state index < -0.39 is 28.9 Å². The molecular weight excluding hydrogens is 358 g/mol. The zero-order valence-corrected chi connectivity index (χ0v) is 13.5. The van der Waals surface area contributed by atoms with Gasteiger partial charge in [0.1, 0.15) is 22.8 Å². The maximum Gasteiger partial charge on any atom is 0.332 e. The highest BCUT2D eigenvalue weighted by Gasteiger charge is 2.23. The molecule has 1 amide bonds. The van der Waals surface area contributed by atoms with Gasteiger partial charge >= 0.3 is 5.69 Å². The summed E-state index contributed by atoms with van der Waals surface area (Å²) in [5, 5.41) is 0. The van der Waals surface area contributed by atoms with Gasteiger partial charge in [0.15, 0.2) is 17.2 Å². The first-order chi connectivity index (χ1) is 13.0. The van der Waals surface area contributed by atoms with Gasteiger partial charge in [-0.1, -0.05) is 6.07 Å². The van der Waals surface area contributed by atoms with E-state index in [9.17, 15) is 18.4 Å². The molecule has 0 atom stereocenters. The van der Waals surface area contributed by atoms with E-state index in [1.165, 1.54) is 18.5 Å². The van der Waals surface area contributed by atoms with E-state index in [-0.39, 0.29) is 22.7 Å². The van der Waals surface area contributed by atoms with Crippen molar-refractivity contribution in [1.29, 1.82) is 0 Å². The highest BCUT2D eigenvalue weighted by atomic mass is 19.1. The molecule has 0 saturated heterocycles. The number of carbonyl (C=O) groups excluding carboxylic acids is 1. The summed E-state index contributed by atoms with van der Waals surface area (Å²) in [7, 11) is 0. The van der Waals surface area contributed by atoms with E-state index in [0.717, 1.165) is 12.1 Å². The van der Waals surface area contributed by atoms with Crippen molar-refractivity contribution in [2.24, 2.45) is 5.73 Å². The maximum absolute atomic E-state index is 14.2. The topological polar surface area (TPSA) is 120 Å². The molecule has 0 aliphatic carbocycles. The van der Waals surface area contributed by atoms with Crippen LogP contribution >= 0.6 is 0 Å². The van der Waals surface area contributed by atoms with Gasteiger partial charge in [-0.3, -0.25) is 9.78 Å². The van der Waals surface area contributed by atoms with Crippen molar-refractivity contribution in [3.8, 4) is 17.1 Å². The van der Waals surface area contributed by atoms with Crippen LogP contribution in [0.2, 0.25) is 0 Å². The fourth-order valence-corrected chi connectivity index (χ4v) is 2.70. The molecule has 0 aliphatic heterocycles. The summed E-state index contributed by atoms with van der Waals surface area (Å²) in [5.74, 6) is -2.86. The molecule has 1 aromatic carbocycles. The average molecular weight is 368 g/mol. The molecule has 0 aliphatic rings. The zero-order valence-electron chi connectivity index (χ0n) is 13.5. The molecule has 3 N–H and O–H groups in total. The molecule has 0 bridgehead atoms. The SMILES string of the molecule is NC(=O)c1nc(-c2cccnc2)nc2c1[nH]c(=O)n2-c1c(F)cccc1F. The normalized spacial score (nSPS) is 11.0. The number of benzene rings is 1. The third-order valence-electron chi connectivity index (χ3n) is 3.85. The first-order valence-electron chi connectivity index (χ1n) is 7.64. The number of aromatic amines is 1.